The summed E-state index contributed by atoms with van der Waals surface area (Å²) in [7, 11) is 1.73. The van der Waals surface area contributed by atoms with Crippen LogP contribution in [-0.4, -0.2) is 56.9 Å². The van der Waals surface area contributed by atoms with Crippen LogP contribution in [0.2, 0.25) is 5.02 Å². The van der Waals surface area contributed by atoms with Crippen LogP contribution in [0.3, 0.4) is 0 Å². The Kier molecular flexibility index (Phi) is 4.97. The van der Waals surface area contributed by atoms with Gasteiger partial charge in [0.2, 0.25) is 11.8 Å². The molecule has 0 radical (unpaired) electrons. The summed E-state index contributed by atoms with van der Waals surface area (Å²) >= 11 is 6.13. The molecule has 28 heavy (non-hydrogen) atoms. The first kappa shape index (κ1) is 18.7. The lowest BCUT2D eigenvalue weighted by Crippen LogP contribution is -2.43. The Morgan fingerprint density at radius 2 is 2.14 bits per heavy atom. The van der Waals surface area contributed by atoms with Gasteiger partial charge in [0.15, 0.2) is 0 Å². The van der Waals surface area contributed by atoms with Crippen LogP contribution in [0.4, 0.5) is 0 Å². The highest BCUT2D eigenvalue weighted by Crippen LogP contribution is 2.39. The Balaban J connectivity index is 1.57. The van der Waals surface area contributed by atoms with E-state index in [0.29, 0.717) is 23.9 Å². The molecule has 2 saturated heterocycles. The molecule has 2 aliphatic heterocycles. The summed E-state index contributed by atoms with van der Waals surface area (Å²) in [6.07, 6.45) is 1.86. The molecule has 0 bridgehead atoms. The number of carbonyl (C=O) groups excluding carboxylic acids is 2. The lowest BCUT2D eigenvalue weighted by Gasteiger charge is -2.35. The second-order valence-electron chi connectivity index (χ2n) is 7.50. The van der Waals surface area contributed by atoms with Crippen molar-refractivity contribution in [1.82, 2.24) is 25.0 Å². The largest absolute Gasteiger partial charge is 0.342 e. The van der Waals surface area contributed by atoms with Gasteiger partial charge in [0.1, 0.15) is 5.82 Å². The smallest absolute Gasteiger partial charge is 0.340 e. The molecule has 1 aromatic carbocycles. The molecule has 1 aromatic heterocycles. The summed E-state index contributed by atoms with van der Waals surface area (Å²) in [6, 6.07) is 7.00. The van der Waals surface area contributed by atoms with Crippen molar-refractivity contribution in [2.45, 2.75) is 31.2 Å². The highest BCUT2D eigenvalue weighted by molar-refractivity contribution is 6.30. The molecule has 2 aliphatic rings. The molecule has 0 aliphatic carbocycles. The molecule has 3 unspecified atom stereocenters. The van der Waals surface area contributed by atoms with Crippen LogP contribution >= 0.6 is 11.6 Å². The SMILES string of the molecule is CN1C(=O)CC(C(=O)N2CCCC(c3n[nH]c(=O)[nH]3)C2)C1c1cccc(Cl)c1. The van der Waals surface area contributed by atoms with E-state index in [1.165, 1.54) is 0 Å². The molecule has 2 fully saturated rings. The van der Waals surface area contributed by atoms with Gasteiger partial charge < -0.3 is 9.80 Å². The number of H-pyrrole nitrogens is 2. The van der Waals surface area contributed by atoms with Gasteiger partial charge in [0.05, 0.1) is 12.0 Å². The Morgan fingerprint density at radius 3 is 2.86 bits per heavy atom. The normalized spacial score (nSPS) is 25.4. The van der Waals surface area contributed by atoms with Gasteiger partial charge in [-0.1, -0.05) is 23.7 Å². The third kappa shape index (κ3) is 3.44. The number of nitrogens with one attached hydrogen (secondary N) is 2. The maximum absolute atomic E-state index is 13.4. The predicted octanol–water partition coefficient (Wildman–Crippen LogP) is 1.68. The van der Waals surface area contributed by atoms with Crippen molar-refractivity contribution in [3.8, 4) is 0 Å². The number of halogens is 1. The Labute approximate surface area is 166 Å². The maximum atomic E-state index is 13.4. The number of hydrogen-bond donors (Lipinski definition) is 2. The number of aromatic nitrogens is 3. The number of aromatic amines is 2. The first-order valence-electron chi connectivity index (χ1n) is 9.38. The molecule has 9 heteroatoms. The van der Waals surface area contributed by atoms with E-state index < -0.39 is 5.92 Å². The minimum absolute atomic E-state index is 0.0175. The number of carbonyl (C=O) groups is 2. The number of hydrogen-bond acceptors (Lipinski definition) is 4. The molecule has 2 aromatic rings. The molecule has 148 valence electrons. The van der Waals surface area contributed by atoms with Gasteiger partial charge in [-0.2, -0.15) is 5.10 Å². The summed E-state index contributed by atoms with van der Waals surface area (Å²) in [5.74, 6) is 0.0244. The van der Waals surface area contributed by atoms with E-state index in [0.717, 1.165) is 18.4 Å². The number of nitrogens with zero attached hydrogens (tertiary/aromatic N) is 3. The quantitative estimate of drug-likeness (QED) is 0.813. The van der Waals surface area contributed by atoms with Gasteiger partial charge in [-0.25, -0.2) is 9.89 Å². The van der Waals surface area contributed by atoms with Gasteiger partial charge in [0, 0.05) is 37.5 Å². The average molecular weight is 404 g/mol. The molecular formula is C19H22ClN5O3. The van der Waals surface area contributed by atoms with Crippen molar-refractivity contribution < 1.29 is 9.59 Å². The second kappa shape index (κ2) is 7.43. The molecular weight excluding hydrogens is 382 g/mol. The third-order valence-electron chi connectivity index (χ3n) is 5.73. The lowest BCUT2D eigenvalue weighted by molar-refractivity contribution is -0.137. The molecule has 2 amide bonds. The Morgan fingerprint density at radius 1 is 1.32 bits per heavy atom. The van der Waals surface area contributed by atoms with Crippen molar-refractivity contribution in [3.63, 3.8) is 0 Å². The number of benzene rings is 1. The predicted molar refractivity (Wildman–Crippen MR) is 103 cm³/mol. The highest BCUT2D eigenvalue weighted by atomic mass is 35.5. The van der Waals surface area contributed by atoms with E-state index in [2.05, 4.69) is 15.2 Å². The molecule has 3 atom stereocenters. The zero-order chi connectivity index (χ0) is 19.8. The minimum Gasteiger partial charge on any atom is -0.342 e. The number of amides is 2. The average Bonchev–Trinajstić information content (AvgIpc) is 3.25. The number of likely N-dealkylation sites (tertiary alicyclic amines) is 2. The first-order valence-corrected chi connectivity index (χ1v) is 9.76. The van der Waals surface area contributed by atoms with Crippen molar-refractivity contribution >= 4 is 23.4 Å². The van der Waals surface area contributed by atoms with E-state index in [9.17, 15) is 14.4 Å². The monoisotopic (exact) mass is 403 g/mol. The standard InChI is InChI=1S/C19H22ClN5O3/c1-24-15(26)9-14(16(24)11-4-2-6-13(20)8-11)18(27)25-7-3-5-12(10-25)17-21-19(28)23-22-17/h2,4,6,8,12,14,16H,3,5,7,9-10H2,1H3,(H2,21,22,23,28). The van der Waals surface area contributed by atoms with Crippen LogP contribution in [0.25, 0.3) is 0 Å². The first-order chi connectivity index (χ1) is 13.4. The van der Waals surface area contributed by atoms with Gasteiger partial charge in [-0.3, -0.25) is 14.6 Å². The molecule has 0 spiro atoms. The summed E-state index contributed by atoms with van der Waals surface area (Å²) < 4.78 is 0. The minimum atomic E-state index is -0.451. The van der Waals surface area contributed by atoms with Crippen LogP contribution in [0.5, 0.6) is 0 Å². The van der Waals surface area contributed by atoms with Gasteiger partial charge in [-0.15, -0.1) is 0 Å². The molecule has 4 rings (SSSR count). The van der Waals surface area contributed by atoms with Crippen LogP contribution < -0.4 is 5.69 Å². The van der Waals surface area contributed by atoms with Crippen molar-refractivity contribution in [2.24, 2.45) is 5.92 Å². The maximum Gasteiger partial charge on any atom is 0.340 e. The van der Waals surface area contributed by atoms with Gasteiger partial charge >= 0.3 is 5.69 Å². The van der Waals surface area contributed by atoms with Crippen LogP contribution in [0, 0.1) is 5.92 Å². The number of piperidine rings is 1. The fourth-order valence-electron chi connectivity index (χ4n) is 4.35. The molecule has 8 nitrogen and oxygen atoms in total. The lowest BCUT2D eigenvalue weighted by atomic mass is 9.90. The Hall–Kier alpha value is -2.61. The zero-order valence-electron chi connectivity index (χ0n) is 15.5. The summed E-state index contributed by atoms with van der Waals surface area (Å²) in [4.78, 5) is 43.2. The van der Waals surface area contributed by atoms with Crippen LogP contribution in [-0.2, 0) is 9.59 Å². The topological polar surface area (TPSA) is 102 Å². The fourth-order valence-corrected chi connectivity index (χ4v) is 4.55. The molecule has 3 heterocycles. The van der Waals surface area contributed by atoms with Crippen LogP contribution in [0.15, 0.2) is 29.1 Å². The summed E-state index contributed by atoms with van der Waals surface area (Å²) in [5, 5.41) is 6.98. The van der Waals surface area contributed by atoms with E-state index in [1.54, 1.807) is 22.9 Å². The third-order valence-corrected chi connectivity index (χ3v) is 5.97. The van der Waals surface area contributed by atoms with Crippen molar-refractivity contribution in [3.05, 3.63) is 51.2 Å². The summed E-state index contributed by atoms with van der Waals surface area (Å²) in [5.41, 5.74) is 0.520. The fraction of sp³-hybridized carbons (Fsp3) is 0.474. The Bertz CT molecular complexity index is 955. The van der Waals surface area contributed by atoms with Gasteiger partial charge in [-0.05, 0) is 30.5 Å². The van der Waals surface area contributed by atoms with E-state index in [4.69, 9.17) is 11.6 Å². The van der Waals surface area contributed by atoms with Crippen molar-refractivity contribution in [1.29, 1.82) is 0 Å². The van der Waals surface area contributed by atoms with E-state index in [-0.39, 0.29) is 35.9 Å². The zero-order valence-corrected chi connectivity index (χ0v) is 16.3. The second-order valence-corrected chi connectivity index (χ2v) is 7.94. The molecule has 2 N–H and O–H groups in total. The molecule has 0 saturated carbocycles. The summed E-state index contributed by atoms with van der Waals surface area (Å²) in [6.45, 7) is 1.12. The number of rotatable bonds is 3. The highest BCUT2D eigenvalue weighted by Gasteiger charge is 2.45. The van der Waals surface area contributed by atoms with Crippen LogP contribution in [0.1, 0.15) is 42.6 Å². The van der Waals surface area contributed by atoms with Gasteiger partial charge in [0.25, 0.3) is 0 Å². The van der Waals surface area contributed by atoms with Crippen molar-refractivity contribution in [2.75, 3.05) is 20.1 Å². The van der Waals surface area contributed by atoms with E-state index in [1.807, 2.05) is 18.2 Å². The van der Waals surface area contributed by atoms with E-state index >= 15 is 0 Å².